The predicted molar refractivity (Wildman–Crippen MR) is 77.8 cm³/mol. The lowest BCUT2D eigenvalue weighted by Crippen LogP contribution is -2.16. The third-order valence-corrected chi connectivity index (χ3v) is 5.10. The molecular weight excluding hydrogens is 383 g/mol. The van der Waals surface area contributed by atoms with Gasteiger partial charge in [-0.1, -0.05) is 0 Å². The highest BCUT2D eigenvalue weighted by atomic mass is 32.2. The molecule has 0 aliphatic heterocycles. The van der Waals surface area contributed by atoms with E-state index >= 15 is 0 Å². The molecule has 0 bridgehead atoms. The van der Waals surface area contributed by atoms with Crippen molar-refractivity contribution in [2.75, 3.05) is 0 Å². The molecule has 0 atom stereocenters. The maximum Gasteiger partial charge on any atom is 0.339 e. The number of rotatable bonds is 3. The van der Waals surface area contributed by atoms with E-state index in [1.54, 1.807) is 0 Å². The molecule has 0 fully saturated rings. The summed E-state index contributed by atoms with van der Waals surface area (Å²) in [5.41, 5.74) is 0.703. The fourth-order valence-corrected chi connectivity index (χ4v) is 3.58. The Balaban J connectivity index is 2.05. The lowest BCUT2D eigenvalue weighted by Gasteiger charge is -2.16. The van der Waals surface area contributed by atoms with E-state index in [1.165, 1.54) is 6.07 Å². The van der Waals surface area contributed by atoms with Crippen molar-refractivity contribution in [2.24, 2.45) is 0 Å². The van der Waals surface area contributed by atoms with Gasteiger partial charge >= 0.3 is 10.1 Å². The van der Waals surface area contributed by atoms with E-state index in [1.807, 2.05) is 0 Å². The van der Waals surface area contributed by atoms with Crippen LogP contribution in [0.4, 0.5) is 22.0 Å². The van der Waals surface area contributed by atoms with Crippen LogP contribution in [-0.4, -0.2) is 14.2 Å². The Kier molecular flexibility index (Phi) is 4.47. The molecule has 0 aromatic heterocycles. The first-order valence-electron chi connectivity index (χ1n) is 7.25. The number of ketones is 1. The van der Waals surface area contributed by atoms with Gasteiger partial charge in [-0.15, -0.1) is 0 Å². The molecule has 10 heteroatoms. The number of halogens is 5. The molecule has 1 aliphatic rings. The summed E-state index contributed by atoms with van der Waals surface area (Å²) >= 11 is 0. The first-order chi connectivity index (χ1) is 12.1. The van der Waals surface area contributed by atoms with Gasteiger partial charge in [0.1, 0.15) is 4.90 Å². The van der Waals surface area contributed by atoms with E-state index in [-0.39, 0.29) is 5.78 Å². The van der Waals surface area contributed by atoms with Crippen molar-refractivity contribution < 1.29 is 39.3 Å². The fourth-order valence-electron chi connectivity index (χ4n) is 2.59. The average molecular weight is 392 g/mol. The van der Waals surface area contributed by atoms with Crippen molar-refractivity contribution >= 4 is 15.9 Å². The minimum Gasteiger partial charge on any atom is -0.372 e. The Hall–Kier alpha value is -2.49. The molecule has 3 rings (SSSR count). The summed E-state index contributed by atoms with van der Waals surface area (Å²) in [6.45, 7) is 0. The molecule has 0 radical (unpaired) electrons. The van der Waals surface area contributed by atoms with E-state index in [2.05, 4.69) is 4.18 Å². The number of carbonyl (C=O) groups excluding carboxylic acids is 1. The molecule has 1 aliphatic carbocycles. The summed E-state index contributed by atoms with van der Waals surface area (Å²) in [6.07, 6.45) is 1.20. The molecule has 26 heavy (non-hydrogen) atoms. The van der Waals surface area contributed by atoms with Crippen LogP contribution in [0.1, 0.15) is 28.8 Å². The van der Waals surface area contributed by atoms with Crippen molar-refractivity contribution in [1.82, 2.24) is 0 Å². The maximum atomic E-state index is 13.6. The number of fused-ring (bicyclic) bond motifs is 1. The first kappa shape index (κ1) is 18.3. The molecule has 0 unspecified atom stereocenters. The van der Waals surface area contributed by atoms with Crippen LogP contribution in [0.3, 0.4) is 0 Å². The SMILES string of the molecule is O=C1CCCc2cc(S(=O)(=O)Oc3c(F)c(F)c(F)c(F)c3F)ccc21. The van der Waals surface area contributed by atoms with Gasteiger partial charge in [0, 0.05) is 12.0 Å². The minimum atomic E-state index is -4.90. The number of hydrogen-bond donors (Lipinski definition) is 0. The lowest BCUT2D eigenvalue weighted by atomic mass is 9.91. The van der Waals surface area contributed by atoms with Gasteiger partial charge in [0.25, 0.3) is 0 Å². The zero-order chi connectivity index (χ0) is 19.2. The van der Waals surface area contributed by atoms with E-state index in [0.29, 0.717) is 30.4 Å². The monoisotopic (exact) mass is 392 g/mol. The van der Waals surface area contributed by atoms with Gasteiger partial charge in [-0.25, -0.2) is 13.2 Å². The largest absolute Gasteiger partial charge is 0.372 e. The van der Waals surface area contributed by atoms with Crippen LogP contribution >= 0.6 is 0 Å². The van der Waals surface area contributed by atoms with Crippen molar-refractivity contribution in [3.05, 3.63) is 58.4 Å². The molecule has 2 aromatic carbocycles. The molecular formula is C16H9F5O4S. The summed E-state index contributed by atoms with van der Waals surface area (Å²) < 4.78 is 95.2. The zero-order valence-corrected chi connectivity index (χ0v) is 13.6. The number of hydrogen-bond acceptors (Lipinski definition) is 4. The smallest absolute Gasteiger partial charge is 0.339 e. The molecule has 0 saturated heterocycles. The predicted octanol–water partition coefficient (Wildman–Crippen LogP) is 3.67. The standard InChI is InChI=1S/C16H9F5O4S/c17-11-12(18)14(20)16(15(21)13(11)19)25-26(23,24)8-4-5-9-7(6-8)2-1-3-10(9)22/h4-6H,1-3H2. The Morgan fingerprint density at radius 1 is 0.846 bits per heavy atom. The Morgan fingerprint density at radius 2 is 1.42 bits per heavy atom. The van der Waals surface area contributed by atoms with Crippen LogP contribution in [0.5, 0.6) is 5.75 Å². The van der Waals surface area contributed by atoms with E-state index in [4.69, 9.17) is 0 Å². The van der Waals surface area contributed by atoms with Crippen LogP contribution in [0, 0.1) is 29.1 Å². The number of Topliss-reactive ketones (excluding diaryl/α,β-unsaturated/α-hetero) is 1. The maximum absolute atomic E-state index is 13.6. The van der Waals surface area contributed by atoms with Crippen molar-refractivity contribution in [2.45, 2.75) is 24.2 Å². The van der Waals surface area contributed by atoms with Crippen molar-refractivity contribution in [3.63, 3.8) is 0 Å². The van der Waals surface area contributed by atoms with E-state index in [9.17, 15) is 35.2 Å². The van der Waals surface area contributed by atoms with Gasteiger partial charge < -0.3 is 4.18 Å². The summed E-state index contributed by atoms with van der Waals surface area (Å²) in [7, 11) is -4.90. The topological polar surface area (TPSA) is 60.4 Å². The molecule has 0 N–H and O–H groups in total. The number of benzene rings is 2. The van der Waals surface area contributed by atoms with Gasteiger partial charge in [-0.2, -0.15) is 17.2 Å². The Morgan fingerprint density at radius 3 is 2.04 bits per heavy atom. The second kappa shape index (κ2) is 6.35. The molecule has 4 nitrogen and oxygen atoms in total. The molecule has 0 spiro atoms. The lowest BCUT2D eigenvalue weighted by molar-refractivity contribution is 0.0972. The third-order valence-electron chi connectivity index (χ3n) is 3.88. The number of aryl methyl sites for hydroxylation is 1. The van der Waals surface area contributed by atoms with Crippen LogP contribution in [0.15, 0.2) is 23.1 Å². The molecule has 0 saturated carbocycles. The van der Waals surface area contributed by atoms with Crippen LogP contribution in [0.2, 0.25) is 0 Å². The molecule has 0 amide bonds. The quantitative estimate of drug-likeness (QED) is 0.346. The van der Waals surface area contributed by atoms with Gasteiger partial charge in [0.05, 0.1) is 0 Å². The van der Waals surface area contributed by atoms with Gasteiger partial charge in [-0.3, -0.25) is 4.79 Å². The molecule has 138 valence electrons. The summed E-state index contributed by atoms with van der Waals surface area (Å²) in [5.74, 6) is -14.0. The van der Waals surface area contributed by atoms with Crippen LogP contribution in [-0.2, 0) is 16.5 Å². The second-order valence-corrected chi connectivity index (χ2v) is 7.08. The third kappa shape index (κ3) is 2.94. The molecule has 2 aromatic rings. The van der Waals surface area contributed by atoms with E-state index < -0.39 is 49.8 Å². The van der Waals surface area contributed by atoms with Crippen molar-refractivity contribution in [3.8, 4) is 5.75 Å². The first-order valence-corrected chi connectivity index (χ1v) is 8.66. The normalized spacial score (nSPS) is 14.3. The zero-order valence-electron chi connectivity index (χ0n) is 12.8. The fraction of sp³-hybridized carbons (Fsp3) is 0.188. The highest BCUT2D eigenvalue weighted by Crippen LogP contribution is 2.32. The van der Waals surface area contributed by atoms with Gasteiger partial charge in [0.15, 0.2) is 5.78 Å². The van der Waals surface area contributed by atoms with Crippen molar-refractivity contribution in [1.29, 1.82) is 0 Å². The highest BCUT2D eigenvalue weighted by molar-refractivity contribution is 7.87. The van der Waals surface area contributed by atoms with Gasteiger partial charge in [-0.05, 0) is 36.6 Å². The minimum absolute atomic E-state index is 0.184. The summed E-state index contributed by atoms with van der Waals surface area (Å²) in [5, 5.41) is 0. The van der Waals surface area contributed by atoms with E-state index in [0.717, 1.165) is 12.1 Å². The van der Waals surface area contributed by atoms with Crippen LogP contribution < -0.4 is 4.18 Å². The summed E-state index contributed by atoms with van der Waals surface area (Å²) in [4.78, 5) is 11.2. The highest BCUT2D eigenvalue weighted by Gasteiger charge is 2.31. The van der Waals surface area contributed by atoms with Gasteiger partial charge in [0.2, 0.25) is 34.8 Å². The number of carbonyl (C=O) groups is 1. The van der Waals surface area contributed by atoms with Crippen LogP contribution in [0.25, 0.3) is 0 Å². The average Bonchev–Trinajstić information content (AvgIpc) is 2.62. The Labute approximate surface area is 144 Å². The summed E-state index contributed by atoms with van der Waals surface area (Å²) in [6, 6.07) is 3.25. The molecule has 0 heterocycles. The Bertz CT molecular complexity index is 1000. The second-order valence-electron chi connectivity index (χ2n) is 5.53.